The number of thiophene rings is 1. The maximum atomic E-state index is 12.8. The van der Waals surface area contributed by atoms with Gasteiger partial charge in [0.1, 0.15) is 4.83 Å². The van der Waals surface area contributed by atoms with Gasteiger partial charge in [-0.3, -0.25) is 14.2 Å². The number of halogens is 1. The number of carbonyl (C=O) groups is 1. The van der Waals surface area contributed by atoms with Gasteiger partial charge in [-0.05, 0) is 23.8 Å². The zero-order valence-electron chi connectivity index (χ0n) is 13.6. The number of aromatic nitrogens is 2. The van der Waals surface area contributed by atoms with Gasteiger partial charge in [-0.1, -0.05) is 58.4 Å². The van der Waals surface area contributed by atoms with Crippen molar-refractivity contribution in [3.05, 3.63) is 87.4 Å². The molecular formula is C20H13BrN2O2S. The van der Waals surface area contributed by atoms with E-state index in [-0.39, 0.29) is 17.9 Å². The van der Waals surface area contributed by atoms with Crippen LogP contribution in [-0.2, 0) is 6.54 Å². The molecular weight excluding hydrogens is 412 g/mol. The van der Waals surface area contributed by atoms with Crippen LogP contribution in [0.15, 0.2) is 76.3 Å². The molecule has 0 fully saturated rings. The number of hydrogen-bond donors (Lipinski definition) is 0. The van der Waals surface area contributed by atoms with Gasteiger partial charge in [0.15, 0.2) is 5.78 Å². The molecule has 26 heavy (non-hydrogen) atoms. The van der Waals surface area contributed by atoms with Gasteiger partial charge < -0.3 is 0 Å². The van der Waals surface area contributed by atoms with E-state index < -0.39 is 0 Å². The van der Waals surface area contributed by atoms with E-state index >= 15 is 0 Å². The highest BCUT2D eigenvalue weighted by molar-refractivity contribution is 9.10. The first-order valence-electron chi connectivity index (χ1n) is 7.95. The van der Waals surface area contributed by atoms with Gasteiger partial charge in [0.05, 0.1) is 18.3 Å². The molecule has 128 valence electrons. The van der Waals surface area contributed by atoms with Crippen LogP contribution in [0.25, 0.3) is 20.7 Å². The van der Waals surface area contributed by atoms with Crippen molar-refractivity contribution in [2.75, 3.05) is 0 Å². The molecule has 4 aromatic rings. The molecule has 2 aromatic heterocycles. The Labute approximate surface area is 161 Å². The lowest BCUT2D eigenvalue weighted by atomic mass is 10.1. The topological polar surface area (TPSA) is 52.0 Å². The third-order valence-electron chi connectivity index (χ3n) is 4.06. The summed E-state index contributed by atoms with van der Waals surface area (Å²) >= 11 is 4.82. The largest absolute Gasteiger partial charge is 0.292 e. The number of benzene rings is 2. The number of Topliss-reactive ketones (excluding diaryl/α,β-unsaturated/α-hetero) is 1. The van der Waals surface area contributed by atoms with E-state index in [1.807, 2.05) is 48.5 Å². The van der Waals surface area contributed by atoms with Gasteiger partial charge in [0, 0.05) is 14.9 Å². The van der Waals surface area contributed by atoms with Gasteiger partial charge in [-0.25, -0.2) is 4.98 Å². The van der Waals surface area contributed by atoms with Crippen LogP contribution in [0.4, 0.5) is 0 Å². The number of hydrogen-bond acceptors (Lipinski definition) is 4. The Hall–Kier alpha value is -2.57. The van der Waals surface area contributed by atoms with E-state index in [4.69, 9.17) is 0 Å². The fourth-order valence-corrected chi connectivity index (χ4v) is 3.96. The number of fused-ring (bicyclic) bond motifs is 1. The minimum Gasteiger partial charge on any atom is -0.292 e. The normalized spacial score (nSPS) is 11.0. The van der Waals surface area contributed by atoms with Crippen molar-refractivity contribution in [2.24, 2.45) is 0 Å². The number of nitrogens with zero attached hydrogens (tertiary/aromatic N) is 2. The first-order valence-corrected chi connectivity index (χ1v) is 9.56. The Balaban J connectivity index is 1.68. The monoisotopic (exact) mass is 424 g/mol. The van der Waals surface area contributed by atoms with Gasteiger partial charge in [0.25, 0.3) is 5.56 Å². The summed E-state index contributed by atoms with van der Waals surface area (Å²) in [6, 6.07) is 18.8. The van der Waals surface area contributed by atoms with E-state index in [2.05, 4.69) is 20.9 Å². The fraction of sp³-hybridized carbons (Fsp3) is 0.0500. The van der Waals surface area contributed by atoms with Crippen molar-refractivity contribution in [3.8, 4) is 10.4 Å². The van der Waals surface area contributed by atoms with Gasteiger partial charge in [0.2, 0.25) is 0 Å². The molecule has 0 unspecified atom stereocenters. The minimum absolute atomic E-state index is 0.0279. The summed E-state index contributed by atoms with van der Waals surface area (Å²) in [4.78, 5) is 31.2. The fourth-order valence-electron chi connectivity index (χ4n) is 2.70. The maximum absolute atomic E-state index is 12.8. The van der Waals surface area contributed by atoms with Crippen LogP contribution >= 0.6 is 27.3 Å². The second-order valence-corrected chi connectivity index (χ2v) is 7.75. The summed E-state index contributed by atoms with van der Waals surface area (Å²) in [5.74, 6) is -0.126. The molecule has 0 bridgehead atoms. The number of carbonyl (C=O) groups excluding carboxylic acids is 1. The molecule has 0 spiro atoms. The lowest BCUT2D eigenvalue weighted by Crippen LogP contribution is -2.24. The molecule has 4 nitrogen and oxygen atoms in total. The highest BCUT2D eigenvalue weighted by Gasteiger charge is 2.13. The maximum Gasteiger partial charge on any atom is 0.262 e. The summed E-state index contributed by atoms with van der Waals surface area (Å²) in [6.07, 6.45) is 1.45. The van der Waals surface area contributed by atoms with E-state index in [1.165, 1.54) is 22.2 Å². The summed E-state index contributed by atoms with van der Waals surface area (Å²) in [5, 5.41) is 0.542. The predicted molar refractivity (Wildman–Crippen MR) is 108 cm³/mol. The Morgan fingerprint density at radius 2 is 1.81 bits per heavy atom. The molecule has 6 heteroatoms. The van der Waals surface area contributed by atoms with Crippen molar-refractivity contribution in [2.45, 2.75) is 6.54 Å². The molecule has 2 aromatic carbocycles. The van der Waals surface area contributed by atoms with E-state index in [0.717, 1.165) is 14.9 Å². The van der Waals surface area contributed by atoms with Gasteiger partial charge >= 0.3 is 0 Å². The quantitative estimate of drug-likeness (QED) is 0.443. The van der Waals surface area contributed by atoms with Crippen molar-refractivity contribution >= 4 is 43.3 Å². The van der Waals surface area contributed by atoms with Crippen LogP contribution in [0, 0.1) is 0 Å². The molecule has 4 rings (SSSR count). The Bertz CT molecular complexity index is 1150. The first kappa shape index (κ1) is 16.9. The average molecular weight is 425 g/mol. The summed E-state index contributed by atoms with van der Waals surface area (Å²) in [5.41, 5.74) is 1.42. The van der Waals surface area contributed by atoms with Crippen molar-refractivity contribution in [3.63, 3.8) is 0 Å². The average Bonchev–Trinajstić information content (AvgIpc) is 3.10. The lowest BCUT2D eigenvalue weighted by molar-refractivity contribution is 0.0970. The molecule has 0 radical (unpaired) electrons. The molecule has 2 heterocycles. The summed E-state index contributed by atoms with van der Waals surface area (Å²) in [6.45, 7) is -0.0279. The smallest absolute Gasteiger partial charge is 0.262 e. The van der Waals surface area contributed by atoms with Crippen molar-refractivity contribution in [1.82, 2.24) is 9.55 Å². The Morgan fingerprint density at radius 3 is 2.54 bits per heavy atom. The first-order chi connectivity index (χ1) is 12.6. The molecule has 0 aliphatic heterocycles. The third kappa shape index (κ3) is 3.25. The standard InChI is InChI=1S/C20H13BrN2O2S/c21-15-8-6-13(7-9-15)17(24)11-23-12-22-19-16(20(23)25)10-18(26-19)14-4-2-1-3-5-14/h1-10,12H,11H2. The van der Waals surface area contributed by atoms with Crippen LogP contribution in [0.5, 0.6) is 0 Å². The van der Waals surface area contributed by atoms with Crippen LogP contribution in [0.3, 0.4) is 0 Å². The highest BCUT2D eigenvalue weighted by atomic mass is 79.9. The number of rotatable bonds is 4. The highest BCUT2D eigenvalue weighted by Crippen LogP contribution is 2.30. The molecule has 0 N–H and O–H groups in total. The second kappa shape index (κ2) is 6.97. The number of ketones is 1. The molecule has 0 saturated heterocycles. The van der Waals surface area contributed by atoms with Crippen molar-refractivity contribution < 1.29 is 4.79 Å². The Kier molecular flexibility index (Phi) is 4.53. The SMILES string of the molecule is O=C(Cn1cnc2sc(-c3ccccc3)cc2c1=O)c1ccc(Br)cc1. The molecule has 0 amide bonds. The van der Waals surface area contributed by atoms with Crippen molar-refractivity contribution in [1.29, 1.82) is 0 Å². The minimum atomic E-state index is -0.195. The molecule has 0 saturated carbocycles. The zero-order valence-corrected chi connectivity index (χ0v) is 16.0. The molecule has 0 aliphatic carbocycles. The molecule has 0 atom stereocenters. The van der Waals surface area contributed by atoms with E-state index in [1.54, 1.807) is 12.1 Å². The van der Waals surface area contributed by atoms with Gasteiger partial charge in [-0.2, -0.15) is 0 Å². The third-order valence-corrected chi connectivity index (χ3v) is 5.68. The molecule has 0 aliphatic rings. The second-order valence-electron chi connectivity index (χ2n) is 5.80. The summed E-state index contributed by atoms with van der Waals surface area (Å²) < 4.78 is 2.27. The predicted octanol–water partition coefficient (Wildman–Crippen LogP) is 4.77. The summed E-state index contributed by atoms with van der Waals surface area (Å²) in [7, 11) is 0. The van der Waals surface area contributed by atoms with Crippen LogP contribution in [-0.4, -0.2) is 15.3 Å². The van der Waals surface area contributed by atoms with Crippen LogP contribution in [0.2, 0.25) is 0 Å². The zero-order chi connectivity index (χ0) is 18.1. The van der Waals surface area contributed by atoms with Gasteiger partial charge in [-0.15, -0.1) is 11.3 Å². The van der Waals surface area contributed by atoms with E-state index in [9.17, 15) is 9.59 Å². The van der Waals surface area contributed by atoms with E-state index in [0.29, 0.717) is 15.8 Å². The lowest BCUT2D eigenvalue weighted by Gasteiger charge is -2.04. The van der Waals surface area contributed by atoms with Crippen LogP contribution < -0.4 is 5.56 Å². The Morgan fingerprint density at radius 1 is 1.08 bits per heavy atom. The van der Waals surface area contributed by atoms with Crippen LogP contribution in [0.1, 0.15) is 10.4 Å².